The summed E-state index contributed by atoms with van der Waals surface area (Å²) >= 11 is 0. The highest BCUT2D eigenvalue weighted by molar-refractivity contribution is 5.76. The minimum Gasteiger partial charge on any atom is -0.345 e. The lowest BCUT2D eigenvalue weighted by Gasteiger charge is -2.34. The number of amides is 1. The third-order valence-electron chi connectivity index (χ3n) is 4.30. The molecule has 0 aromatic carbocycles. The van der Waals surface area contributed by atoms with Gasteiger partial charge in [-0.1, -0.05) is 0 Å². The molecule has 0 spiro atoms. The Bertz CT molecular complexity index is 353. The van der Waals surface area contributed by atoms with Crippen molar-refractivity contribution >= 4 is 5.91 Å². The van der Waals surface area contributed by atoms with E-state index in [0.29, 0.717) is 19.4 Å². The maximum atomic E-state index is 11.9. The van der Waals surface area contributed by atoms with Gasteiger partial charge in [-0.05, 0) is 18.8 Å². The van der Waals surface area contributed by atoms with Crippen molar-refractivity contribution in [3.63, 3.8) is 0 Å². The molecular formula is C15H26N4O. The lowest BCUT2D eigenvalue weighted by Crippen LogP contribution is -2.47. The molecule has 1 aliphatic carbocycles. The molecule has 1 saturated carbocycles. The van der Waals surface area contributed by atoms with Crippen molar-refractivity contribution in [1.82, 2.24) is 14.7 Å². The Morgan fingerprint density at radius 3 is 2.50 bits per heavy atom. The number of nitriles is 1. The lowest BCUT2D eigenvalue weighted by molar-refractivity contribution is -0.130. The highest BCUT2D eigenvalue weighted by Gasteiger charge is 2.26. The molecule has 20 heavy (non-hydrogen) atoms. The summed E-state index contributed by atoms with van der Waals surface area (Å²) in [5, 5.41) is 8.52. The van der Waals surface area contributed by atoms with Crippen molar-refractivity contribution in [3.05, 3.63) is 0 Å². The first-order valence-electron chi connectivity index (χ1n) is 7.74. The lowest BCUT2D eigenvalue weighted by atomic mass is 10.2. The normalized spacial score (nSPS) is 20.6. The smallest absolute Gasteiger partial charge is 0.223 e. The number of carbonyl (C=O) groups excluding carboxylic acids is 1. The number of hydrogen-bond donors (Lipinski definition) is 0. The summed E-state index contributed by atoms with van der Waals surface area (Å²) in [6.45, 7) is 7.15. The molecule has 5 heteroatoms. The van der Waals surface area contributed by atoms with E-state index in [0.717, 1.165) is 38.6 Å². The molecule has 5 nitrogen and oxygen atoms in total. The van der Waals surface area contributed by atoms with E-state index in [1.54, 1.807) is 11.9 Å². The van der Waals surface area contributed by atoms with E-state index in [1.165, 1.54) is 19.4 Å². The van der Waals surface area contributed by atoms with Gasteiger partial charge in [0.2, 0.25) is 5.91 Å². The third-order valence-corrected chi connectivity index (χ3v) is 4.30. The van der Waals surface area contributed by atoms with Crippen LogP contribution in [-0.2, 0) is 4.79 Å². The van der Waals surface area contributed by atoms with Crippen LogP contribution in [0.25, 0.3) is 0 Å². The predicted octanol–water partition coefficient (Wildman–Crippen LogP) is 0.776. The summed E-state index contributed by atoms with van der Waals surface area (Å²) in [7, 11) is 1.78. The largest absolute Gasteiger partial charge is 0.345 e. The Labute approximate surface area is 122 Å². The zero-order chi connectivity index (χ0) is 14.4. The highest BCUT2D eigenvalue weighted by Crippen LogP contribution is 2.29. The molecule has 0 radical (unpaired) electrons. The van der Waals surface area contributed by atoms with Crippen LogP contribution in [0.5, 0.6) is 0 Å². The fraction of sp³-hybridized carbons (Fsp3) is 0.867. The molecule has 0 N–H and O–H groups in total. The fourth-order valence-corrected chi connectivity index (χ4v) is 2.65. The van der Waals surface area contributed by atoms with Crippen LogP contribution in [0.4, 0.5) is 0 Å². The molecule has 2 fully saturated rings. The van der Waals surface area contributed by atoms with Crippen molar-refractivity contribution in [1.29, 1.82) is 5.26 Å². The van der Waals surface area contributed by atoms with E-state index in [4.69, 9.17) is 5.26 Å². The second-order valence-electron chi connectivity index (χ2n) is 6.06. The predicted molar refractivity (Wildman–Crippen MR) is 78.1 cm³/mol. The van der Waals surface area contributed by atoms with Crippen LogP contribution in [-0.4, -0.2) is 73.5 Å². The van der Waals surface area contributed by atoms with Crippen molar-refractivity contribution in [3.8, 4) is 6.07 Å². The van der Waals surface area contributed by atoms with E-state index in [1.807, 2.05) is 0 Å². The molecule has 1 heterocycles. The van der Waals surface area contributed by atoms with Gasteiger partial charge in [0, 0.05) is 59.3 Å². The van der Waals surface area contributed by atoms with E-state index in [2.05, 4.69) is 15.9 Å². The third kappa shape index (κ3) is 5.10. The first-order chi connectivity index (χ1) is 9.69. The Kier molecular flexibility index (Phi) is 5.81. The molecule has 1 amide bonds. The zero-order valence-corrected chi connectivity index (χ0v) is 12.6. The van der Waals surface area contributed by atoms with E-state index < -0.39 is 0 Å². The Morgan fingerprint density at radius 2 is 1.90 bits per heavy atom. The van der Waals surface area contributed by atoms with Gasteiger partial charge in [-0.2, -0.15) is 5.26 Å². The summed E-state index contributed by atoms with van der Waals surface area (Å²) < 4.78 is 0. The van der Waals surface area contributed by atoms with Gasteiger partial charge in [-0.3, -0.25) is 4.79 Å². The molecule has 0 atom stereocenters. The fourth-order valence-electron chi connectivity index (χ4n) is 2.65. The molecule has 2 rings (SSSR count). The standard InChI is InChI=1S/C15H26N4O/c1-17(7-2-6-16)15(20)5-8-18-9-11-19(12-10-18)13-14-3-4-14/h14H,2-5,7-13H2,1H3. The zero-order valence-electron chi connectivity index (χ0n) is 12.6. The van der Waals surface area contributed by atoms with Crippen LogP contribution in [0.1, 0.15) is 25.7 Å². The van der Waals surface area contributed by atoms with Crippen LogP contribution in [0.15, 0.2) is 0 Å². The maximum absolute atomic E-state index is 11.9. The van der Waals surface area contributed by atoms with Crippen molar-refractivity contribution in [2.75, 3.05) is 52.9 Å². The van der Waals surface area contributed by atoms with Gasteiger partial charge in [-0.15, -0.1) is 0 Å². The van der Waals surface area contributed by atoms with E-state index in [-0.39, 0.29) is 5.91 Å². The van der Waals surface area contributed by atoms with Crippen molar-refractivity contribution in [2.45, 2.75) is 25.7 Å². The molecule has 0 aromatic heterocycles. The van der Waals surface area contributed by atoms with Crippen LogP contribution < -0.4 is 0 Å². The minimum absolute atomic E-state index is 0.153. The molecule has 0 unspecified atom stereocenters. The average molecular weight is 278 g/mol. The molecular weight excluding hydrogens is 252 g/mol. The molecule has 112 valence electrons. The van der Waals surface area contributed by atoms with Crippen LogP contribution >= 0.6 is 0 Å². The number of nitrogens with zero attached hydrogens (tertiary/aromatic N) is 4. The van der Waals surface area contributed by atoms with Gasteiger partial charge in [0.25, 0.3) is 0 Å². The van der Waals surface area contributed by atoms with Crippen molar-refractivity contribution in [2.24, 2.45) is 5.92 Å². The van der Waals surface area contributed by atoms with Gasteiger partial charge in [0.05, 0.1) is 12.5 Å². The van der Waals surface area contributed by atoms with Crippen LogP contribution in [0, 0.1) is 17.2 Å². The molecule has 0 aromatic rings. The average Bonchev–Trinajstić information content (AvgIpc) is 3.27. The maximum Gasteiger partial charge on any atom is 0.223 e. The second kappa shape index (κ2) is 7.61. The van der Waals surface area contributed by atoms with E-state index in [9.17, 15) is 4.79 Å². The number of piperazine rings is 1. The number of rotatable bonds is 7. The van der Waals surface area contributed by atoms with Gasteiger partial charge < -0.3 is 14.7 Å². The van der Waals surface area contributed by atoms with Gasteiger partial charge in [0.1, 0.15) is 0 Å². The number of hydrogen-bond acceptors (Lipinski definition) is 4. The van der Waals surface area contributed by atoms with Gasteiger partial charge in [-0.25, -0.2) is 0 Å². The quantitative estimate of drug-likeness (QED) is 0.690. The minimum atomic E-state index is 0.153. The first kappa shape index (κ1) is 15.3. The SMILES string of the molecule is CN(CCC#N)C(=O)CCN1CCN(CC2CC2)CC1. The summed E-state index contributed by atoms with van der Waals surface area (Å²) in [6.07, 6.45) is 3.83. The highest BCUT2D eigenvalue weighted by atomic mass is 16.2. The van der Waals surface area contributed by atoms with E-state index >= 15 is 0 Å². The Hall–Kier alpha value is -1.12. The molecule has 1 saturated heterocycles. The topological polar surface area (TPSA) is 50.6 Å². The van der Waals surface area contributed by atoms with Crippen LogP contribution in [0.2, 0.25) is 0 Å². The summed E-state index contributed by atoms with van der Waals surface area (Å²) in [4.78, 5) is 18.5. The summed E-state index contributed by atoms with van der Waals surface area (Å²) in [5.41, 5.74) is 0. The summed E-state index contributed by atoms with van der Waals surface area (Å²) in [5.74, 6) is 1.12. The van der Waals surface area contributed by atoms with Gasteiger partial charge >= 0.3 is 0 Å². The van der Waals surface area contributed by atoms with Crippen LogP contribution in [0.3, 0.4) is 0 Å². The molecule has 1 aliphatic heterocycles. The Morgan fingerprint density at radius 1 is 1.25 bits per heavy atom. The van der Waals surface area contributed by atoms with Crippen molar-refractivity contribution < 1.29 is 4.79 Å². The van der Waals surface area contributed by atoms with Gasteiger partial charge in [0.15, 0.2) is 0 Å². The molecule has 2 aliphatic rings. The monoisotopic (exact) mass is 278 g/mol. The molecule has 0 bridgehead atoms. The second-order valence-corrected chi connectivity index (χ2v) is 6.06. The Balaban J connectivity index is 1.58. The first-order valence-corrected chi connectivity index (χ1v) is 7.74. The summed E-state index contributed by atoms with van der Waals surface area (Å²) in [6, 6.07) is 2.07. The number of carbonyl (C=O) groups is 1.